The molecule has 3 heterocycles. The first kappa shape index (κ1) is 18.2. The molecule has 2 amide bonds. The maximum absolute atomic E-state index is 12.5. The topological polar surface area (TPSA) is 137 Å². The van der Waals surface area contributed by atoms with Crippen molar-refractivity contribution in [2.24, 2.45) is 0 Å². The number of imidazole rings is 1. The van der Waals surface area contributed by atoms with Crippen molar-refractivity contribution >= 4 is 49.9 Å². The van der Waals surface area contributed by atoms with Gasteiger partial charge in [0, 0.05) is 11.6 Å². The Morgan fingerprint density at radius 2 is 1.88 bits per heavy atom. The summed E-state index contributed by atoms with van der Waals surface area (Å²) in [4.78, 5) is 24.1. The Morgan fingerprint density at radius 1 is 1.23 bits per heavy atom. The van der Waals surface area contributed by atoms with Crippen molar-refractivity contribution in [2.75, 3.05) is 19.5 Å². The second-order valence-electron chi connectivity index (χ2n) is 4.60. The van der Waals surface area contributed by atoms with Gasteiger partial charge in [0.25, 0.3) is 10.0 Å². The summed E-state index contributed by atoms with van der Waals surface area (Å²) < 4.78 is 37.9. The number of methoxy groups -OCH3 is 2. The van der Waals surface area contributed by atoms with Gasteiger partial charge in [-0.05, 0) is 0 Å². The van der Waals surface area contributed by atoms with Crippen LogP contribution >= 0.6 is 22.9 Å². The van der Waals surface area contributed by atoms with Crippen LogP contribution in [-0.2, 0) is 10.0 Å². The van der Waals surface area contributed by atoms with Crippen LogP contribution in [0.2, 0.25) is 5.15 Å². The van der Waals surface area contributed by atoms with Gasteiger partial charge in [-0.25, -0.2) is 14.5 Å². The van der Waals surface area contributed by atoms with Crippen LogP contribution in [0.4, 0.5) is 10.7 Å². The van der Waals surface area contributed by atoms with E-state index < -0.39 is 16.1 Å². The first-order valence-electron chi connectivity index (χ1n) is 6.76. The van der Waals surface area contributed by atoms with Crippen molar-refractivity contribution in [3.63, 3.8) is 0 Å². The van der Waals surface area contributed by atoms with Crippen LogP contribution in [0.15, 0.2) is 22.7 Å². The number of aromatic nitrogens is 4. The minimum absolute atomic E-state index is 0.119. The van der Waals surface area contributed by atoms with Gasteiger partial charge in [-0.15, -0.1) is 11.3 Å². The van der Waals surface area contributed by atoms with E-state index in [0.717, 1.165) is 0 Å². The van der Waals surface area contributed by atoms with Crippen LogP contribution in [0, 0.1) is 0 Å². The summed E-state index contributed by atoms with van der Waals surface area (Å²) in [7, 11) is -1.57. The Hall–Kier alpha value is -2.64. The predicted octanol–water partition coefficient (Wildman–Crippen LogP) is 1.37. The number of sulfonamides is 1. The average Bonchev–Trinajstić information content (AvgIpc) is 3.13. The van der Waals surface area contributed by atoms with E-state index >= 15 is 0 Å². The minimum atomic E-state index is -4.30. The van der Waals surface area contributed by atoms with Gasteiger partial charge in [0.1, 0.15) is 0 Å². The molecule has 3 aromatic heterocycles. The number of carbonyl (C=O) groups excluding carboxylic acids is 1. The van der Waals surface area contributed by atoms with Crippen molar-refractivity contribution in [3.05, 3.63) is 22.8 Å². The van der Waals surface area contributed by atoms with Gasteiger partial charge in [0.05, 0.1) is 20.3 Å². The van der Waals surface area contributed by atoms with E-state index in [4.69, 9.17) is 21.1 Å². The Morgan fingerprint density at radius 3 is 2.50 bits per heavy atom. The first-order valence-corrected chi connectivity index (χ1v) is 9.50. The second kappa shape index (κ2) is 6.93. The van der Waals surface area contributed by atoms with Crippen LogP contribution in [0.1, 0.15) is 0 Å². The number of ether oxygens (including phenoxy) is 2. The molecule has 0 aliphatic rings. The highest BCUT2D eigenvalue weighted by atomic mass is 35.5. The Kier molecular flexibility index (Phi) is 4.84. The number of anilines is 1. The zero-order valence-corrected chi connectivity index (χ0v) is 15.6. The molecule has 0 spiro atoms. The maximum Gasteiger partial charge on any atom is 0.335 e. The van der Waals surface area contributed by atoms with E-state index in [0.29, 0.717) is 4.96 Å². The molecule has 0 aromatic carbocycles. The molecule has 14 heteroatoms. The molecule has 26 heavy (non-hydrogen) atoms. The monoisotopic (exact) mass is 418 g/mol. The maximum atomic E-state index is 12.5. The third-order valence-electron chi connectivity index (χ3n) is 2.98. The van der Waals surface area contributed by atoms with E-state index in [1.54, 1.807) is 5.38 Å². The number of nitrogens with zero attached hydrogens (tertiary/aromatic N) is 4. The lowest BCUT2D eigenvalue weighted by molar-refractivity contribution is 0.256. The molecule has 3 aromatic rings. The van der Waals surface area contributed by atoms with Gasteiger partial charge in [-0.1, -0.05) is 11.6 Å². The summed E-state index contributed by atoms with van der Waals surface area (Å²) in [6.45, 7) is 0. The number of hydrogen-bond donors (Lipinski definition) is 2. The molecule has 0 atom stereocenters. The summed E-state index contributed by atoms with van der Waals surface area (Å²) in [5, 5.41) is 3.22. The quantitative estimate of drug-likeness (QED) is 0.633. The summed E-state index contributed by atoms with van der Waals surface area (Å²) >= 11 is 7.08. The molecule has 11 nitrogen and oxygen atoms in total. The summed E-state index contributed by atoms with van der Waals surface area (Å²) in [6, 6.07) is 0.292. The number of fused-ring (bicyclic) bond motifs is 1. The van der Waals surface area contributed by atoms with Crippen LogP contribution in [0.25, 0.3) is 4.96 Å². The van der Waals surface area contributed by atoms with Crippen LogP contribution in [-0.4, -0.2) is 48.0 Å². The normalized spacial score (nSPS) is 11.3. The zero-order chi connectivity index (χ0) is 18.9. The van der Waals surface area contributed by atoms with Crippen molar-refractivity contribution < 1.29 is 22.7 Å². The fraction of sp³-hybridized carbons (Fsp3) is 0.167. The van der Waals surface area contributed by atoms with E-state index in [9.17, 15) is 13.2 Å². The fourth-order valence-corrected chi connectivity index (χ4v) is 4.31. The van der Waals surface area contributed by atoms with Crippen LogP contribution < -0.4 is 19.5 Å². The molecule has 0 radical (unpaired) electrons. The van der Waals surface area contributed by atoms with E-state index in [2.05, 4.69) is 20.3 Å². The van der Waals surface area contributed by atoms with Crippen LogP contribution in [0.5, 0.6) is 11.8 Å². The number of halogens is 1. The van der Waals surface area contributed by atoms with Gasteiger partial charge < -0.3 is 9.47 Å². The Balaban J connectivity index is 1.83. The van der Waals surface area contributed by atoms with E-state index in [1.807, 2.05) is 4.72 Å². The fourth-order valence-electron chi connectivity index (χ4n) is 1.95. The number of hydrogen-bond acceptors (Lipinski definition) is 9. The van der Waals surface area contributed by atoms with E-state index in [1.165, 1.54) is 42.2 Å². The molecule has 0 bridgehead atoms. The largest absolute Gasteiger partial charge is 0.481 e. The molecule has 0 saturated carbocycles. The third kappa shape index (κ3) is 3.49. The average molecular weight is 419 g/mol. The molecule has 0 aliphatic heterocycles. The molecular formula is C12H11ClN6O5S2. The lowest BCUT2D eigenvalue weighted by atomic mass is 10.6. The van der Waals surface area contributed by atoms with Crippen molar-refractivity contribution in [3.8, 4) is 11.8 Å². The highest BCUT2D eigenvalue weighted by Gasteiger charge is 2.27. The minimum Gasteiger partial charge on any atom is -0.481 e. The Bertz CT molecular complexity index is 1060. The third-order valence-corrected chi connectivity index (χ3v) is 5.47. The number of rotatable bonds is 5. The van der Waals surface area contributed by atoms with Gasteiger partial charge in [-0.3, -0.25) is 9.72 Å². The highest BCUT2D eigenvalue weighted by molar-refractivity contribution is 7.90. The molecular weight excluding hydrogens is 408 g/mol. The number of thiazole rings is 1. The lowest BCUT2D eigenvalue weighted by Gasteiger charge is -2.09. The number of carbonyl (C=O) groups is 1. The molecule has 0 fully saturated rings. The number of nitrogens with one attached hydrogen (secondary N) is 2. The van der Waals surface area contributed by atoms with Gasteiger partial charge >= 0.3 is 6.03 Å². The van der Waals surface area contributed by atoms with Gasteiger partial charge in [0.15, 0.2) is 15.1 Å². The van der Waals surface area contributed by atoms with Crippen LogP contribution in [0.3, 0.4) is 0 Å². The molecule has 3 rings (SSSR count). The lowest BCUT2D eigenvalue weighted by Crippen LogP contribution is -2.35. The van der Waals surface area contributed by atoms with Crippen molar-refractivity contribution in [1.82, 2.24) is 24.1 Å². The summed E-state index contributed by atoms with van der Waals surface area (Å²) in [5.41, 5.74) is 0. The summed E-state index contributed by atoms with van der Waals surface area (Å²) in [5.74, 6) is 0.0246. The zero-order valence-electron chi connectivity index (χ0n) is 13.3. The van der Waals surface area contributed by atoms with Crippen molar-refractivity contribution in [2.45, 2.75) is 5.03 Å². The van der Waals surface area contributed by atoms with E-state index in [-0.39, 0.29) is 27.9 Å². The first-order chi connectivity index (χ1) is 12.3. The molecule has 138 valence electrons. The van der Waals surface area contributed by atoms with Crippen molar-refractivity contribution in [1.29, 1.82) is 0 Å². The van der Waals surface area contributed by atoms with Gasteiger partial charge in [0.2, 0.25) is 17.7 Å². The molecule has 0 aliphatic carbocycles. The SMILES string of the molecule is COc1cc(OC)nc(NC(=O)NS(=O)(=O)c2c(Cl)nc3sccn23)n1. The smallest absolute Gasteiger partial charge is 0.335 e. The molecule has 2 N–H and O–H groups in total. The Labute approximate surface area is 156 Å². The standard InChI is InChI=1S/C12H11ClN6O5S2/c1-23-6-5-7(24-2)15-10(14-6)17-11(20)18-26(21,22)9-8(13)16-12-19(9)3-4-25-12/h3-5H,1-2H3,(H2,14,15,17,18,20). The number of amides is 2. The molecule has 0 unspecified atom stereocenters. The highest BCUT2D eigenvalue weighted by Crippen LogP contribution is 2.25. The summed E-state index contributed by atoms with van der Waals surface area (Å²) in [6.07, 6.45) is 1.47. The number of urea groups is 1. The second-order valence-corrected chi connectivity index (χ2v) is 7.43. The predicted molar refractivity (Wildman–Crippen MR) is 92.6 cm³/mol. The molecule has 0 saturated heterocycles. The van der Waals surface area contributed by atoms with Gasteiger partial charge in [-0.2, -0.15) is 18.4 Å².